The predicted molar refractivity (Wildman–Crippen MR) is 26.1 cm³/mol. The van der Waals surface area contributed by atoms with Gasteiger partial charge in [-0.25, -0.2) is 0 Å². The lowest BCUT2D eigenvalue weighted by Crippen LogP contribution is -2.25. The molecule has 0 aliphatic carbocycles. The van der Waals surface area contributed by atoms with Crippen LogP contribution in [0.25, 0.3) is 0 Å². The van der Waals surface area contributed by atoms with Crippen molar-refractivity contribution in [1.82, 2.24) is 11.3 Å². The Morgan fingerprint density at radius 2 is 2.14 bits per heavy atom. The summed E-state index contributed by atoms with van der Waals surface area (Å²) < 4.78 is 0. The summed E-state index contributed by atoms with van der Waals surface area (Å²) in [7, 11) is 0. The molecule has 0 fully saturated rings. The summed E-state index contributed by atoms with van der Waals surface area (Å²) in [6.07, 6.45) is 0. The van der Waals surface area contributed by atoms with Crippen molar-refractivity contribution in [3.63, 3.8) is 0 Å². The van der Waals surface area contributed by atoms with E-state index in [0.717, 1.165) is 0 Å². The van der Waals surface area contributed by atoms with Gasteiger partial charge in [0, 0.05) is 5.92 Å². The van der Waals surface area contributed by atoms with Gasteiger partial charge in [0.25, 0.3) is 0 Å². The Bertz CT molecular complexity index is 70.1. The van der Waals surface area contributed by atoms with Gasteiger partial charge in [-0.3, -0.25) is 10.2 Å². The Kier molecular flexibility index (Phi) is 2.37. The Balaban J connectivity index is 3.35. The first-order valence-electron chi connectivity index (χ1n) is 2.15. The quantitative estimate of drug-likeness (QED) is 0.463. The number of amides is 1. The minimum absolute atomic E-state index is 0.0718. The molecule has 0 saturated heterocycles. The molecule has 3 nitrogen and oxygen atoms in total. The van der Waals surface area contributed by atoms with Gasteiger partial charge >= 0.3 is 0 Å². The molecule has 0 spiro atoms. The first kappa shape index (κ1) is 6.43. The van der Waals surface area contributed by atoms with Gasteiger partial charge in [-0.15, -0.1) is 0 Å². The Labute approximate surface area is 42.9 Å². The van der Waals surface area contributed by atoms with Crippen molar-refractivity contribution in [3.05, 3.63) is 0 Å². The van der Waals surface area contributed by atoms with E-state index in [4.69, 9.17) is 5.84 Å². The molecular formula is C4H9N2O. The van der Waals surface area contributed by atoms with Gasteiger partial charge in [0.05, 0.1) is 0 Å². The second-order valence-corrected chi connectivity index (χ2v) is 1.64. The van der Waals surface area contributed by atoms with E-state index in [1.54, 1.807) is 19.3 Å². The van der Waals surface area contributed by atoms with Crippen LogP contribution in [0.2, 0.25) is 0 Å². The maximum atomic E-state index is 10.2. The molecule has 7 heavy (non-hydrogen) atoms. The molecule has 0 unspecified atom stereocenters. The topological polar surface area (TPSA) is 52.9 Å². The third-order valence-corrected chi connectivity index (χ3v) is 0.648. The second-order valence-electron chi connectivity index (χ2n) is 1.64. The number of hydrogen-bond acceptors (Lipinski definition) is 1. The number of nitrogens with one attached hydrogen (secondary N) is 2. The van der Waals surface area contributed by atoms with Crippen molar-refractivity contribution in [2.45, 2.75) is 13.8 Å². The van der Waals surface area contributed by atoms with E-state index in [2.05, 4.69) is 0 Å². The summed E-state index contributed by atoms with van der Waals surface area (Å²) in [6, 6.07) is 0. The molecule has 0 saturated carbocycles. The van der Waals surface area contributed by atoms with E-state index in [1.807, 2.05) is 0 Å². The van der Waals surface area contributed by atoms with Crippen molar-refractivity contribution in [3.8, 4) is 0 Å². The zero-order valence-corrected chi connectivity index (χ0v) is 4.49. The van der Waals surface area contributed by atoms with E-state index < -0.39 is 0 Å². The highest BCUT2D eigenvalue weighted by atomic mass is 16.2. The highest BCUT2D eigenvalue weighted by Crippen LogP contribution is 1.87. The van der Waals surface area contributed by atoms with Crippen LogP contribution < -0.4 is 11.3 Å². The lowest BCUT2D eigenvalue weighted by molar-refractivity contribution is -0.124. The maximum Gasteiger partial charge on any atom is 0.237 e. The summed E-state index contributed by atoms with van der Waals surface area (Å²) in [5, 5.41) is 0. The zero-order chi connectivity index (χ0) is 5.86. The molecule has 0 atom stereocenters. The van der Waals surface area contributed by atoms with Gasteiger partial charge in [0.15, 0.2) is 0 Å². The smallest absolute Gasteiger partial charge is 0.237 e. The molecule has 2 N–H and O–H groups in total. The SMILES string of the molecule is CC(C)C(=O)N[NH]. The molecule has 1 radical (unpaired) electrons. The van der Waals surface area contributed by atoms with Gasteiger partial charge in [0.2, 0.25) is 5.91 Å². The molecule has 0 aromatic rings. The molecule has 0 heterocycles. The summed E-state index contributed by atoms with van der Waals surface area (Å²) in [4.78, 5) is 10.2. The molecule has 41 valence electrons. The van der Waals surface area contributed by atoms with Crippen LogP contribution in [0.5, 0.6) is 0 Å². The lowest BCUT2D eigenvalue weighted by Gasteiger charge is -1.97. The molecule has 0 rings (SSSR count). The molecule has 3 heteroatoms. The van der Waals surface area contributed by atoms with E-state index in [9.17, 15) is 4.79 Å². The average Bonchev–Trinajstić information content (AvgIpc) is 1.65. The standard InChI is InChI=1S/C4H9N2O/c1-3(2)4(7)6-5/h3,5H,1-2H3,(H,6,7). The largest absolute Gasteiger partial charge is 0.276 e. The van der Waals surface area contributed by atoms with E-state index >= 15 is 0 Å². The highest BCUT2D eigenvalue weighted by Gasteiger charge is 2.01. The van der Waals surface area contributed by atoms with Crippen LogP contribution in [0.15, 0.2) is 0 Å². The number of carbonyl (C=O) groups is 1. The van der Waals surface area contributed by atoms with E-state index in [0.29, 0.717) is 0 Å². The summed E-state index contributed by atoms with van der Waals surface area (Å²) in [5.74, 6) is 6.03. The normalized spacial score (nSPS) is 9.14. The van der Waals surface area contributed by atoms with Crippen LogP contribution in [0.1, 0.15) is 13.8 Å². The minimum atomic E-state index is -0.236. The number of rotatable bonds is 1. The molecule has 0 aliphatic rings. The fraction of sp³-hybridized carbons (Fsp3) is 0.750. The summed E-state index contributed by atoms with van der Waals surface area (Å²) in [5.41, 5.74) is 1.78. The van der Waals surface area contributed by atoms with E-state index in [1.165, 1.54) is 0 Å². The number of hydrogen-bond donors (Lipinski definition) is 1. The van der Waals surface area contributed by atoms with Crippen LogP contribution >= 0.6 is 0 Å². The lowest BCUT2D eigenvalue weighted by atomic mass is 10.2. The van der Waals surface area contributed by atoms with Gasteiger partial charge in [-0.05, 0) is 0 Å². The summed E-state index contributed by atoms with van der Waals surface area (Å²) >= 11 is 0. The highest BCUT2D eigenvalue weighted by molar-refractivity contribution is 5.76. The van der Waals surface area contributed by atoms with Crippen LogP contribution in [0, 0.1) is 5.92 Å². The monoisotopic (exact) mass is 101 g/mol. The first-order valence-corrected chi connectivity index (χ1v) is 2.15. The molecular weight excluding hydrogens is 92.1 g/mol. The van der Waals surface area contributed by atoms with Crippen molar-refractivity contribution >= 4 is 5.91 Å². The fourth-order valence-electron chi connectivity index (χ4n) is 0.144. The van der Waals surface area contributed by atoms with Crippen LogP contribution in [0.3, 0.4) is 0 Å². The van der Waals surface area contributed by atoms with Crippen LogP contribution in [0.4, 0.5) is 0 Å². The maximum absolute atomic E-state index is 10.2. The third-order valence-electron chi connectivity index (χ3n) is 0.648. The van der Waals surface area contributed by atoms with Gasteiger partial charge in [-0.2, -0.15) is 5.84 Å². The van der Waals surface area contributed by atoms with Crippen LogP contribution in [-0.4, -0.2) is 5.91 Å². The Morgan fingerprint density at radius 1 is 1.71 bits per heavy atom. The predicted octanol–water partition coefficient (Wildman–Crippen LogP) is -0.0435. The summed E-state index contributed by atoms with van der Waals surface area (Å²) in [6.45, 7) is 3.48. The zero-order valence-electron chi connectivity index (χ0n) is 4.49. The Hall–Kier alpha value is -0.570. The average molecular weight is 101 g/mol. The first-order chi connectivity index (χ1) is 3.18. The van der Waals surface area contributed by atoms with Crippen molar-refractivity contribution < 1.29 is 4.79 Å². The number of carbonyl (C=O) groups excluding carboxylic acids is 1. The van der Waals surface area contributed by atoms with Crippen molar-refractivity contribution in [2.75, 3.05) is 0 Å². The van der Waals surface area contributed by atoms with Gasteiger partial charge < -0.3 is 0 Å². The minimum Gasteiger partial charge on any atom is -0.276 e. The van der Waals surface area contributed by atoms with Crippen molar-refractivity contribution in [1.29, 1.82) is 0 Å². The van der Waals surface area contributed by atoms with Crippen LogP contribution in [-0.2, 0) is 4.79 Å². The fourth-order valence-corrected chi connectivity index (χ4v) is 0.144. The van der Waals surface area contributed by atoms with Gasteiger partial charge in [0.1, 0.15) is 0 Å². The van der Waals surface area contributed by atoms with Gasteiger partial charge in [-0.1, -0.05) is 13.8 Å². The molecule has 0 aromatic heterocycles. The van der Waals surface area contributed by atoms with E-state index in [-0.39, 0.29) is 11.8 Å². The Morgan fingerprint density at radius 3 is 2.14 bits per heavy atom. The van der Waals surface area contributed by atoms with Crippen molar-refractivity contribution in [2.24, 2.45) is 5.92 Å². The second kappa shape index (κ2) is 2.58. The molecule has 0 aliphatic heterocycles. The molecule has 0 bridgehead atoms. The molecule has 0 aromatic carbocycles. The molecule has 1 amide bonds. The third kappa shape index (κ3) is 2.17.